The standard InChI is InChI=1S/C11H18O2S/c1-2-3-4-5-6-7-8-10-9-12-11(14)13-10/h6-7,10H,2-5,8-9H2,1H3/b7-6-. The van der Waals surface area contributed by atoms with Crippen molar-refractivity contribution < 1.29 is 9.47 Å². The largest absolute Gasteiger partial charge is 0.453 e. The van der Waals surface area contributed by atoms with Gasteiger partial charge < -0.3 is 9.47 Å². The van der Waals surface area contributed by atoms with Gasteiger partial charge in [-0.25, -0.2) is 0 Å². The number of hydrogen-bond donors (Lipinski definition) is 0. The maximum absolute atomic E-state index is 5.25. The van der Waals surface area contributed by atoms with Gasteiger partial charge in [0.1, 0.15) is 12.7 Å². The first-order valence-corrected chi connectivity index (χ1v) is 5.72. The summed E-state index contributed by atoms with van der Waals surface area (Å²) in [5, 5.41) is 0.300. The zero-order chi connectivity index (χ0) is 10.2. The molecule has 80 valence electrons. The Kier molecular flexibility index (Phi) is 5.60. The molecule has 3 heteroatoms. The van der Waals surface area contributed by atoms with E-state index in [0.29, 0.717) is 11.8 Å². The highest BCUT2D eigenvalue weighted by Gasteiger charge is 2.19. The summed E-state index contributed by atoms with van der Waals surface area (Å²) >= 11 is 4.76. The molecule has 14 heavy (non-hydrogen) atoms. The monoisotopic (exact) mass is 214 g/mol. The summed E-state index contributed by atoms with van der Waals surface area (Å²) in [7, 11) is 0. The molecular formula is C11H18O2S. The van der Waals surface area contributed by atoms with Crippen molar-refractivity contribution in [2.75, 3.05) is 6.61 Å². The van der Waals surface area contributed by atoms with Gasteiger partial charge in [-0.2, -0.15) is 0 Å². The van der Waals surface area contributed by atoms with E-state index < -0.39 is 0 Å². The van der Waals surface area contributed by atoms with E-state index in [2.05, 4.69) is 19.1 Å². The van der Waals surface area contributed by atoms with E-state index in [1.54, 1.807) is 0 Å². The molecule has 1 aliphatic heterocycles. The zero-order valence-electron chi connectivity index (χ0n) is 8.70. The second-order valence-corrected chi connectivity index (χ2v) is 3.84. The van der Waals surface area contributed by atoms with Crippen LogP contribution in [0.15, 0.2) is 12.2 Å². The Hall–Kier alpha value is -0.570. The molecule has 0 aromatic rings. The average molecular weight is 214 g/mol. The van der Waals surface area contributed by atoms with Crippen molar-refractivity contribution in [1.29, 1.82) is 0 Å². The lowest BCUT2D eigenvalue weighted by Gasteiger charge is -2.01. The molecule has 0 saturated carbocycles. The molecule has 1 saturated heterocycles. The molecule has 1 rings (SSSR count). The third-order valence-electron chi connectivity index (χ3n) is 2.19. The van der Waals surface area contributed by atoms with Crippen LogP contribution in [0.5, 0.6) is 0 Å². The second kappa shape index (κ2) is 6.82. The third-order valence-corrected chi connectivity index (χ3v) is 2.40. The molecule has 0 spiro atoms. The fraction of sp³-hybridized carbons (Fsp3) is 0.727. The maximum Gasteiger partial charge on any atom is 0.352 e. The maximum atomic E-state index is 5.25. The predicted octanol–water partition coefficient (Wildman–Crippen LogP) is 3.21. The summed E-state index contributed by atoms with van der Waals surface area (Å²) in [5.74, 6) is 0. The zero-order valence-corrected chi connectivity index (χ0v) is 9.52. The molecule has 1 fully saturated rings. The van der Waals surface area contributed by atoms with Crippen molar-refractivity contribution in [3.8, 4) is 0 Å². The predicted molar refractivity (Wildman–Crippen MR) is 61.3 cm³/mol. The topological polar surface area (TPSA) is 18.5 Å². The van der Waals surface area contributed by atoms with E-state index in [-0.39, 0.29) is 6.10 Å². The Bertz CT molecular complexity index is 201. The summed E-state index contributed by atoms with van der Waals surface area (Å²) in [4.78, 5) is 0. The van der Waals surface area contributed by atoms with Gasteiger partial charge in [-0.3, -0.25) is 0 Å². The molecule has 0 aliphatic carbocycles. The highest BCUT2D eigenvalue weighted by atomic mass is 32.1. The summed E-state index contributed by atoms with van der Waals surface area (Å²) < 4.78 is 10.3. The van der Waals surface area contributed by atoms with Gasteiger partial charge in [0.25, 0.3) is 0 Å². The van der Waals surface area contributed by atoms with Gasteiger partial charge in [0, 0.05) is 18.6 Å². The fourth-order valence-corrected chi connectivity index (χ4v) is 1.56. The van der Waals surface area contributed by atoms with E-state index in [0.717, 1.165) is 6.42 Å². The molecule has 0 bridgehead atoms. The summed E-state index contributed by atoms with van der Waals surface area (Å²) in [6, 6.07) is 0. The van der Waals surface area contributed by atoms with E-state index >= 15 is 0 Å². The first kappa shape index (κ1) is 11.5. The average Bonchev–Trinajstić information content (AvgIpc) is 2.58. The Balaban J connectivity index is 1.99. The highest BCUT2D eigenvalue weighted by molar-refractivity contribution is 7.79. The van der Waals surface area contributed by atoms with Gasteiger partial charge in [0.05, 0.1) is 0 Å². The minimum Gasteiger partial charge on any atom is -0.453 e. The van der Waals surface area contributed by atoms with E-state index in [4.69, 9.17) is 21.7 Å². The molecule has 1 heterocycles. The van der Waals surface area contributed by atoms with E-state index in [1.807, 2.05) is 0 Å². The number of thiocarbonyl (C=S) groups is 1. The highest BCUT2D eigenvalue weighted by Crippen LogP contribution is 2.11. The van der Waals surface area contributed by atoms with Crippen LogP contribution in [0, 0.1) is 0 Å². The number of unbranched alkanes of at least 4 members (excludes halogenated alkanes) is 3. The third kappa shape index (κ3) is 4.61. The number of allylic oxidation sites excluding steroid dienone is 1. The van der Waals surface area contributed by atoms with Gasteiger partial charge in [-0.15, -0.1) is 0 Å². The number of rotatable bonds is 6. The number of hydrogen-bond acceptors (Lipinski definition) is 3. The van der Waals surface area contributed by atoms with Crippen molar-refractivity contribution in [3.63, 3.8) is 0 Å². The van der Waals surface area contributed by atoms with Gasteiger partial charge in [-0.05, 0) is 12.8 Å². The van der Waals surface area contributed by atoms with Gasteiger partial charge >= 0.3 is 5.24 Å². The van der Waals surface area contributed by atoms with Crippen molar-refractivity contribution in [2.45, 2.75) is 45.1 Å². The molecule has 0 radical (unpaired) electrons. The van der Waals surface area contributed by atoms with E-state index in [1.165, 1.54) is 25.7 Å². The van der Waals surface area contributed by atoms with E-state index in [9.17, 15) is 0 Å². The van der Waals surface area contributed by atoms with Gasteiger partial charge in [0.15, 0.2) is 0 Å². The van der Waals surface area contributed by atoms with Gasteiger partial charge in [-0.1, -0.05) is 31.9 Å². The van der Waals surface area contributed by atoms with Crippen LogP contribution in [0.25, 0.3) is 0 Å². The molecule has 1 aliphatic rings. The molecule has 1 atom stereocenters. The van der Waals surface area contributed by atoms with Crippen LogP contribution in [0.2, 0.25) is 0 Å². The normalized spacial score (nSPS) is 21.2. The first-order valence-electron chi connectivity index (χ1n) is 5.31. The van der Waals surface area contributed by atoms with Crippen LogP contribution in [-0.2, 0) is 9.47 Å². The lowest BCUT2D eigenvalue weighted by Crippen LogP contribution is -2.07. The van der Waals surface area contributed by atoms with Crippen LogP contribution in [0.4, 0.5) is 0 Å². The molecular weight excluding hydrogens is 196 g/mol. The number of ether oxygens (including phenoxy) is 2. The fourth-order valence-electron chi connectivity index (χ4n) is 1.36. The van der Waals surface area contributed by atoms with Crippen molar-refractivity contribution in [2.24, 2.45) is 0 Å². The Labute approximate surface area is 91.3 Å². The van der Waals surface area contributed by atoms with Crippen LogP contribution in [0.1, 0.15) is 39.0 Å². The molecule has 1 unspecified atom stereocenters. The van der Waals surface area contributed by atoms with Crippen molar-refractivity contribution in [3.05, 3.63) is 12.2 Å². The first-order chi connectivity index (χ1) is 6.83. The summed E-state index contributed by atoms with van der Waals surface area (Å²) in [6.45, 7) is 2.83. The van der Waals surface area contributed by atoms with Gasteiger partial charge in [0.2, 0.25) is 0 Å². The molecule has 2 nitrogen and oxygen atoms in total. The summed E-state index contributed by atoms with van der Waals surface area (Å²) in [5.41, 5.74) is 0. The van der Waals surface area contributed by atoms with Crippen LogP contribution >= 0.6 is 12.2 Å². The van der Waals surface area contributed by atoms with Crippen molar-refractivity contribution >= 4 is 17.5 Å². The van der Waals surface area contributed by atoms with Crippen molar-refractivity contribution in [1.82, 2.24) is 0 Å². The SMILES string of the molecule is CCCCC/C=C\CC1COC(=S)O1. The molecule has 0 amide bonds. The quantitative estimate of drug-likeness (QED) is 0.384. The second-order valence-electron chi connectivity index (χ2n) is 3.50. The molecule has 0 N–H and O–H groups in total. The summed E-state index contributed by atoms with van der Waals surface area (Å²) in [6.07, 6.45) is 10.5. The molecule has 0 aromatic heterocycles. The van der Waals surface area contributed by atoms with Crippen LogP contribution in [0.3, 0.4) is 0 Å². The lowest BCUT2D eigenvalue weighted by atomic mass is 10.2. The Morgan fingerprint density at radius 1 is 1.43 bits per heavy atom. The lowest BCUT2D eigenvalue weighted by molar-refractivity contribution is 0.234. The Morgan fingerprint density at radius 3 is 2.93 bits per heavy atom. The smallest absolute Gasteiger partial charge is 0.352 e. The minimum atomic E-state index is 0.143. The minimum absolute atomic E-state index is 0.143. The van der Waals surface area contributed by atoms with Crippen LogP contribution in [-0.4, -0.2) is 17.9 Å². The Morgan fingerprint density at radius 2 is 2.29 bits per heavy atom. The van der Waals surface area contributed by atoms with Crippen LogP contribution < -0.4 is 0 Å². The molecule has 0 aromatic carbocycles.